The average molecular weight is 258 g/mol. The second-order valence-electron chi connectivity index (χ2n) is 4.70. The number of carbonyl (C=O) groups excluding carboxylic acids is 1. The predicted molar refractivity (Wildman–Crippen MR) is 73.3 cm³/mol. The van der Waals surface area contributed by atoms with Crippen molar-refractivity contribution in [3.05, 3.63) is 48.3 Å². The largest absolute Gasteiger partial charge is 0.486 e. The minimum absolute atomic E-state index is 0.0258. The highest BCUT2D eigenvalue weighted by Gasteiger charge is 2.08. The van der Waals surface area contributed by atoms with Crippen LogP contribution in [0.4, 0.5) is 0 Å². The molecule has 0 saturated heterocycles. The molecular formula is C15H18N2O2. The number of carbonyl (C=O) groups is 1. The molecule has 1 aromatic carbocycles. The van der Waals surface area contributed by atoms with E-state index < -0.39 is 0 Å². The summed E-state index contributed by atoms with van der Waals surface area (Å²) in [6, 6.07) is 11.5. The minimum Gasteiger partial charge on any atom is -0.486 e. The number of ketones is 1. The Morgan fingerprint density at radius 3 is 2.63 bits per heavy atom. The Morgan fingerprint density at radius 2 is 2.00 bits per heavy atom. The quantitative estimate of drug-likeness (QED) is 0.800. The van der Waals surface area contributed by atoms with Crippen LogP contribution in [0.25, 0.3) is 0 Å². The second kappa shape index (κ2) is 6.18. The van der Waals surface area contributed by atoms with E-state index in [0.717, 1.165) is 5.69 Å². The van der Waals surface area contributed by atoms with Crippen LogP contribution in [-0.2, 0) is 11.2 Å². The fourth-order valence-electron chi connectivity index (χ4n) is 1.69. The molecule has 0 aliphatic heterocycles. The van der Waals surface area contributed by atoms with Crippen LogP contribution in [0.1, 0.15) is 25.6 Å². The van der Waals surface area contributed by atoms with Gasteiger partial charge in [-0.2, -0.15) is 5.10 Å². The molecule has 2 aromatic rings. The number of aromatic nitrogens is 2. The molecule has 0 spiro atoms. The number of nitrogens with zero attached hydrogens (tertiary/aromatic N) is 2. The van der Waals surface area contributed by atoms with Gasteiger partial charge in [0.15, 0.2) is 5.78 Å². The number of rotatable bonds is 6. The molecule has 0 bridgehead atoms. The normalized spacial score (nSPS) is 10.7. The van der Waals surface area contributed by atoms with E-state index in [9.17, 15) is 4.79 Å². The first-order chi connectivity index (χ1) is 9.15. The van der Waals surface area contributed by atoms with Crippen LogP contribution >= 0.6 is 0 Å². The van der Waals surface area contributed by atoms with Crippen molar-refractivity contribution >= 4 is 5.78 Å². The van der Waals surface area contributed by atoms with E-state index in [1.54, 1.807) is 0 Å². The fourth-order valence-corrected chi connectivity index (χ4v) is 1.69. The third kappa shape index (κ3) is 3.95. The van der Waals surface area contributed by atoms with Crippen molar-refractivity contribution in [2.24, 2.45) is 0 Å². The van der Waals surface area contributed by atoms with E-state index in [-0.39, 0.29) is 12.4 Å². The molecule has 100 valence electrons. The van der Waals surface area contributed by atoms with E-state index >= 15 is 0 Å². The molecule has 19 heavy (non-hydrogen) atoms. The summed E-state index contributed by atoms with van der Waals surface area (Å²) in [6.45, 7) is 4.19. The molecule has 0 radical (unpaired) electrons. The molecule has 1 aromatic heterocycles. The maximum absolute atomic E-state index is 11.8. The van der Waals surface area contributed by atoms with Crippen LogP contribution in [0, 0.1) is 0 Å². The zero-order valence-corrected chi connectivity index (χ0v) is 11.2. The molecule has 0 aliphatic rings. The van der Waals surface area contributed by atoms with Crippen LogP contribution in [-0.4, -0.2) is 22.2 Å². The Bertz CT molecular complexity index is 532. The first-order valence-electron chi connectivity index (χ1n) is 6.38. The Morgan fingerprint density at radius 1 is 1.26 bits per heavy atom. The number of ether oxygens (including phenoxy) is 1. The maximum atomic E-state index is 11.8. The Hall–Kier alpha value is -2.10. The van der Waals surface area contributed by atoms with Crippen LogP contribution in [0.2, 0.25) is 0 Å². The average Bonchev–Trinajstić information content (AvgIpc) is 2.86. The van der Waals surface area contributed by atoms with Gasteiger partial charge in [-0.05, 0) is 32.0 Å². The van der Waals surface area contributed by atoms with Gasteiger partial charge in [0.05, 0.1) is 12.1 Å². The lowest BCUT2D eigenvalue weighted by atomic mass is 10.2. The Labute approximate surface area is 113 Å². The number of hydrogen-bond acceptors (Lipinski definition) is 3. The number of para-hydroxylation sites is 1. The van der Waals surface area contributed by atoms with Gasteiger partial charge >= 0.3 is 0 Å². The van der Waals surface area contributed by atoms with Gasteiger partial charge in [0.2, 0.25) is 0 Å². The van der Waals surface area contributed by atoms with Gasteiger partial charge in [-0.25, -0.2) is 0 Å². The van der Waals surface area contributed by atoms with Crippen LogP contribution in [0.3, 0.4) is 0 Å². The summed E-state index contributed by atoms with van der Waals surface area (Å²) in [6.07, 6.45) is 2.21. The van der Waals surface area contributed by atoms with Gasteiger partial charge in [-0.3, -0.25) is 9.48 Å². The molecule has 0 N–H and O–H groups in total. The van der Waals surface area contributed by atoms with Gasteiger partial charge < -0.3 is 4.74 Å². The van der Waals surface area contributed by atoms with Gasteiger partial charge in [0.1, 0.15) is 12.4 Å². The van der Waals surface area contributed by atoms with Crippen molar-refractivity contribution in [3.8, 4) is 5.75 Å². The summed E-state index contributed by atoms with van der Waals surface area (Å²) in [5.74, 6) is 0.737. The molecule has 4 nitrogen and oxygen atoms in total. The van der Waals surface area contributed by atoms with E-state index in [1.807, 2.05) is 47.3 Å². The lowest BCUT2D eigenvalue weighted by molar-refractivity contribution is -0.120. The van der Waals surface area contributed by atoms with E-state index in [1.165, 1.54) is 0 Å². The molecule has 0 fully saturated rings. The SMILES string of the molecule is CC(C)n1ccc(CC(=O)COc2ccccc2)n1. The third-order valence-electron chi connectivity index (χ3n) is 2.71. The molecule has 0 unspecified atom stereocenters. The summed E-state index contributed by atoms with van der Waals surface area (Å²) < 4.78 is 7.26. The summed E-state index contributed by atoms with van der Waals surface area (Å²) in [5.41, 5.74) is 0.787. The molecule has 0 atom stereocenters. The zero-order chi connectivity index (χ0) is 13.7. The Kier molecular flexibility index (Phi) is 4.34. The highest BCUT2D eigenvalue weighted by molar-refractivity contribution is 5.81. The van der Waals surface area contributed by atoms with E-state index in [4.69, 9.17) is 4.74 Å². The third-order valence-corrected chi connectivity index (χ3v) is 2.71. The lowest BCUT2D eigenvalue weighted by Crippen LogP contribution is -2.14. The predicted octanol–water partition coefficient (Wildman–Crippen LogP) is 2.65. The van der Waals surface area contributed by atoms with E-state index in [0.29, 0.717) is 18.2 Å². The van der Waals surface area contributed by atoms with Crippen molar-refractivity contribution in [1.82, 2.24) is 9.78 Å². The summed E-state index contributed by atoms with van der Waals surface area (Å²) >= 11 is 0. The first kappa shape index (κ1) is 13.3. The second-order valence-corrected chi connectivity index (χ2v) is 4.70. The fraction of sp³-hybridized carbons (Fsp3) is 0.333. The maximum Gasteiger partial charge on any atom is 0.176 e. The number of benzene rings is 1. The number of Topliss-reactive ketones (excluding diaryl/α,β-unsaturated/α-hetero) is 1. The summed E-state index contributed by atoms with van der Waals surface area (Å²) in [7, 11) is 0. The molecule has 1 heterocycles. The van der Waals surface area contributed by atoms with Crippen molar-refractivity contribution in [1.29, 1.82) is 0 Å². The van der Waals surface area contributed by atoms with Crippen molar-refractivity contribution in [2.45, 2.75) is 26.3 Å². The van der Waals surface area contributed by atoms with Gasteiger partial charge in [0.25, 0.3) is 0 Å². The Balaban J connectivity index is 1.84. The van der Waals surface area contributed by atoms with Crippen LogP contribution in [0.15, 0.2) is 42.6 Å². The standard InChI is InChI=1S/C15H18N2O2/c1-12(2)17-9-8-13(16-17)10-14(18)11-19-15-6-4-3-5-7-15/h3-9,12H,10-11H2,1-2H3. The smallest absolute Gasteiger partial charge is 0.176 e. The minimum atomic E-state index is 0.0258. The van der Waals surface area contributed by atoms with Gasteiger partial charge in [0, 0.05) is 12.2 Å². The van der Waals surface area contributed by atoms with Crippen molar-refractivity contribution in [2.75, 3.05) is 6.61 Å². The van der Waals surface area contributed by atoms with Crippen LogP contribution < -0.4 is 4.74 Å². The highest BCUT2D eigenvalue weighted by atomic mass is 16.5. The molecule has 0 amide bonds. The molecule has 2 rings (SSSR count). The lowest BCUT2D eigenvalue weighted by Gasteiger charge is -2.05. The monoisotopic (exact) mass is 258 g/mol. The molecule has 0 saturated carbocycles. The first-order valence-corrected chi connectivity index (χ1v) is 6.38. The summed E-state index contributed by atoms with van der Waals surface area (Å²) in [4.78, 5) is 11.8. The highest BCUT2D eigenvalue weighted by Crippen LogP contribution is 2.09. The molecule has 4 heteroatoms. The summed E-state index contributed by atoms with van der Waals surface area (Å²) in [5, 5.41) is 4.35. The van der Waals surface area contributed by atoms with Gasteiger partial charge in [-0.15, -0.1) is 0 Å². The topological polar surface area (TPSA) is 44.1 Å². The van der Waals surface area contributed by atoms with E-state index in [2.05, 4.69) is 18.9 Å². The molecular weight excluding hydrogens is 240 g/mol. The van der Waals surface area contributed by atoms with Crippen molar-refractivity contribution in [3.63, 3.8) is 0 Å². The van der Waals surface area contributed by atoms with Gasteiger partial charge in [-0.1, -0.05) is 18.2 Å². The number of hydrogen-bond donors (Lipinski definition) is 0. The van der Waals surface area contributed by atoms with Crippen molar-refractivity contribution < 1.29 is 9.53 Å². The molecule has 0 aliphatic carbocycles. The van der Waals surface area contributed by atoms with Crippen LogP contribution in [0.5, 0.6) is 5.75 Å². The zero-order valence-electron chi connectivity index (χ0n) is 11.2.